The van der Waals surface area contributed by atoms with E-state index in [1.54, 1.807) is 7.11 Å². The summed E-state index contributed by atoms with van der Waals surface area (Å²) in [5.41, 5.74) is -0.473. The smallest absolute Gasteiger partial charge is 0.243 e. The first-order valence-electron chi connectivity index (χ1n) is 6.46. The average molecular weight is 255 g/mol. The molecule has 102 valence electrons. The molecule has 0 radical (unpaired) electrons. The van der Waals surface area contributed by atoms with Crippen LogP contribution in [0.1, 0.15) is 50.9 Å². The standard InChI is InChI=1S/C12H21N3O3/c1-4-12(5-2,17-3)11-14-10(18-15-11)9-6-8(16)7-13-9/h8-9,13,16H,4-7H2,1-3H3/t8-,9-/m0/s1. The van der Waals surface area contributed by atoms with Gasteiger partial charge in [-0.25, -0.2) is 0 Å². The van der Waals surface area contributed by atoms with Crippen molar-refractivity contribution in [1.29, 1.82) is 0 Å². The predicted molar refractivity (Wildman–Crippen MR) is 64.9 cm³/mol. The Balaban J connectivity index is 2.19. The lowest BCUT2D eigenvalue weighted by atomic mass is 9.96. The first-order valence-corrected chi connectivity index (χ1v) is 6.46. The van der Waals surface area contributed by atoms with Gasteiger partial charge in [0.15, 0.2) is 0 Å². The van der Waals surface area contributed by atoms with Gasteiger partial charge in [-0.05, 0) is 19.3 Å². The zero-order chi connectivity index (χ0) is 13.2. The normalized spacial score (nSPS) is 24.7. The Morgan fingerprint density at radius 1 is 1.50 bits per heavy atom. The molecule has 0 aliphatic carbocycles. The molecule has 0 unspecified atom stereocenters. The van der Waals surface area contributed by atoms with Gasteiger partial charge in [-0.2, -0.15) is 4.98 Å². The Bertz CT molecular complexity index is 381. The summed E-state index contributed by atoms with van der Waals surface area (Å²) in [6, 6.07) is -0.0514. The fourth-order valence-corrected chi connectivity index (χ4v) is 2.41. The van der Waals surface area contributed by atoms with Crippen LogP contribution in [0.2, 0.25) is 0 Å². The summed E-state index contributed by atoms with van der Waals surface area (Å²) in [6.45, 7) is 4.65. The first-order chi connectivity index (χ1) is 8.65. The highest BCUT2D eigenvalue weighted by atomic mass is 16.5. The number of β-amino-alcohol motifs (C(OH)–C–C–N with tert-alkyl or cyclic N) is 1. The van der Waals surface area contributed by atoms with Crippen LogP contribution in [0.25, 0.3) is 0 Å². The third-order valence-electron chi connectivity index (χ3n) is 3.79. The van der Waals surface area contributed by atoms with Crippen molar-refractivity contribution in [3.8, 4) is 0 Å². The predicted octanol–water partition coefficient (Wildman–Crippen LogP) is 1.13. The molecule has 1 fully saturated rings. The molecule has 1 aliphatic heterocycles. The van der Waals surface area contributed by atoms with E-state index in [4.69, 9.17) is 9.26 Å². The summed E-state index contributed by atoms with van der Waals surface area (Å²) in [4.78, 5) is 4.44. The lowest BCUT2D eigenvalue weighted by Crippen LogP contribution is -2.28. The van der Waals surface area contributed by atoms with Crippen LogP contribution in [-0.4, -0.2) is 35.0 Å². The van der Waals surface area contributed by atoms with Crippen LogP contribution in [0.15, 0.2) is 4.52 Å². The Morgan fingerprint density at radius 2 is 2.22 bits per heavy atom. The Morgan fingerprint density at radius 3 is 2.72 bits per heavy atom. The number of aromatic nitrogens is 2. The molecule has 2 rings (SSSR count). The zero-order valence-electron chi connectivity index (χ0n) is 11.1. The number of nitrogens with one attached hydrogen (secondary N) is 1. The number of ether oxygens (including phenoxy) is 1. The molecule has 0 bridgehead atoms. The van der Waals surface area contributed by atoms with Gasteiger partial charge in [0, 0.05) is 13.7 Å². The molecular formula is C12H21N3O3. The summed E-state index contributed by atoms with van der Waals surface area (Å²) in [6.07, 6.45) is 1.86. The highest BCUT2D eigenvalue weighted by Crippen LogP contribution is 2.31. The average Bonchev–Trinajstić information content (AvgIpc) is 3.01. The van der Waals surface area contributed by atoms with Crippen molar-refractivity contribution in [3.63, 3.8) is 0 Å². The molecule has 0 amide bonds. The lowest BCUT2D eigenvalue weighted by Gasteiger charge is -2.25. The number of aliphatic hydroxyl groups is 1. The fraction of sp³-hybridized carbons (Fsp3) is 0.833. The minimum Gasteiger partial charge on any atom is -0.392 e. The van der Waals surface area contributed by atoms with Crippen LogP contribution < -0.4 is 5.32 Å². The van der Waals surface area contributed by atoms with E-state index in [0.717, 1.165) is 12.8 Å². The Hall–Kier alpha value is -0.980. The number of methoxy groups -OCH3 is 1. The molecule has 1 aromatic heterocycles. The van der Waals surface area contributed by atoms with Crippen molar-refractivity contribution in [2.24, 2.45) is 0 Å². The third kappa shape index (κ3) is 2.28. The number of aliphatic hydroxyl groups excluding tert-OH is 1. The minimum atomic E-state index is -0.473. The summed E-state index contributed by atoms with van der Waals surface area (Å²) in [7, 11) is 1.67. The van der Waals surface area contributed by atoms with E-state index in [2.05, 4.69) is 15.5 Å². The van der Waals surface area contributed by atoms with Gasteiger partial charge in [0.05, 0.1) is 12.1 Å². The second kappa shape index (κ2) is 5.34. The molecule has 1 saturated heterocycles. The van der Waals surface area contributed by atoms with Crippen molar-refractivity contribution in [1.82, 2.24) is 15.5 Å². The van der Waals surface area contributed by atoms with E-state index in [1.807, 2.05) is 13.8 Å². The van der Waals surface area contributed by atoms with Crippen molar-refractivity contribution in [3.05, 3.63) is 11.7 Å². The van der Waals surface area contributed by atoms with Crippen molar-refractivity contribution in [2.75, 3.05) is 13.7 Å². The summed E-state index contributed by atoms with van der Waals surface area (Å²) in [5, 5.41) is 16.7. The molecular weight excluding hydrogens is 234 g/mol. The molecule has 0 saturated carbocycles. The van der Waals surface area contributed by atoms with Crippen LogP contribution in [0.3, 0.4) is 0 Å². The van der Waals surface area contributed by atoms with E-state index in [1.165, 1.54) is 0 Å². The van der Waals surface area contributed by atoms with Crippen molar-refractivity contribution >= 4 is 0 Å². The van der Waals surface area contributed by atoms with E-state index < -0.39 is 5.60 Å². The topological polar surface area (TPSA) is 80.4 Å². The summed E-state index contributed by atoms with van der Waals surface area (Å²) < 4.78 is 10.9. The fourth-order valence-electron chi connectivity index (χ4n) is 2.41. The second-order valence-electron chi connectivity index (χ2n) is 4.71. The van der Waals surface area contributed by atoms with Crippen LogP contribution in [0.5, 0.6) is 0 Å². The molecule has 0 aromatic carbocycles. The monoisotopic (exact) mass is 255 g/mol. The number of hydrogen-bond acceptors (Lipinski definition) is 6. The van der Waals surface area contributed by atoms with Crippen LogP contribution in [0, 0.1) is 0 Å². The Kier molecular flexibility index (Phi) is 3.99. The van der Waals surface area contributed by atoms with Gasteiger partial charge in [-0.15, -0.1) is 0 Å². The van der Waals surface area contributed by atoms with Crippen LogP contribution in [-0.2, 0) is 10.3 Å². The first kappa shape index (κ1) is 13.5. The van der Waals surface area contributed by atoms with Gasteiger partial charge < -0.3 is 19.7 Å². The highest BCUT2D eigenvalue weighted by molar-refractivity contribution is 5.04. The Labute approximate surface area is 107 Å². The zero-order valence-corrected chi connectivity index (χ0v) is 11.1. The van der Waals surface area contributed by atoms with Crippen molar-refractivity contribution in [2.45, 2.75) is 50.9 Å². The van der Waals surface area contributed by atoms with Crippen LogP contribution >= 0.6 is 0 Å². The maximum Gasteiger partial charge on any atom is 0.243 e. The molecule has 2 atom stereocenters. The molecule has 1 aliphatic rings. The van der Waals surface area contributed by atoms with Gasteiger partial charge in [0.25, 0.3) is 0 Å². The summed E-state index contributed by atoms with van der Waals surface area (Å²) >= 11 is 0. The SMILES string of the molecule is CCC(CC)(OC)c1noc([C@@H]2C[C@H](O)CN2)n1. The largest absolute Gasteiger partial charge is 0.392 e. The molecule has 0 spiro atoms. The maximum absolute atomic E-state index is 9.49. The number of nitrogens with zero attached hydrogens (tertiary/aromatic N) is 2. The second-order valence-corrected chi connectivity index (χ2v) is 4.71. The van der Waals surface area contributed by atoms with Gasteiger partial charge in [0.2, 0.25) is 11.7 Å². The molecule has 2 heterocycles. The van der Waals surface area contributed by atoms with Crippen LogP contribution in [0.4, 0.5) is 0 Å². The molecule has 18 heavy (non-hydrogen) atoms. The lowest BCUT2D eigenvalue weighted by molar-refractivity contribution is -0.0306. The number of rotatable bonds is 5. The van der Waals surface area contributed by atoms with E-state index >= 15 is 0 Å². The van der Waals surface area contributed by atoms with Gasteiger partial charge >= 0.3 is 0 Å². The molecule has 1 aromatic rings. The van der Waals surface area contributed by atoms with Crippen molar-refractivity contribution < 1.29 is 14.4 Å². The highest BCUT2D eigenvalue weighted by Gasteiger charge is 2.36. The third-order valence-corrected chi connectivity index (χ3v) is 3.79. The molecule has 2 N–H and O–H groups in total. The maximum atomic E-state index is 9.49. The van der Waals surface area contributed by atoms with Gasteiger partial charge in [0.1, 0.15) is 5.60 Å². The van der Waals surface area contributed by atoms with E-state index in [-0.39, 0.29) is 12.1 Å². The molecule has 6 heteroatoms. The van der Waals surface area contributed by atoms with Gasteiger partial charge in [-0.1, -0.05) is 19.0 Å². The number of hydrogen-bond donors (Lipinski definition) is 2. The van der Waals surface area contributed by atoms with E-state index in [0.29, 0.717) is 24.7 Å². The summed E-state index contributed by atoms with van der Waals surface area (Å²) in [5.74, 6) is 1.12. The minimum absolute atomic E-state index is 0.0514. The quantitative estimate of drug-likeness (QED) is 0.821. The molecule has 6 nitrogen and oxygen atoms in total. The van der Waals surface area contributed by atoms with Gasteiger partial charge in [-0.3, -0.25) is 0 Å². The van der Waals surface area contributed by atoms with E-state index in [9.17, 15) is 5.11 Å².